The predicted octanol–water partition coefficient (Wildman–Crippen LogP) is 2.79. The van der Waals surface area contributed by atoms with Gasteiger partial charge in [0.05, 0.1) is 0 Å². The highest BCUT2D eigenvalue weighted by molar-refractivity contribution is 5.32. The van der Waals surface area contributed by atoms with E-state index < -0.39 is 0 Å². The van der Waals surface area contributed by atoms with Crippen molar-refractivity contribution in [1.82, 2.24) is 5.32 Å². The standard InChI is InChI=1S/C13H13N/c1-2-5-12(6-3-1)11-13-7-4-9-14-10-8-13/h1-10,14H,11H2. The summed E-state index contributed by atoms with van der Waals surface area (Å²) in [5.74, 6) is 0. The maximum absolute atomic E-state index is 3.05. The van der Waals surface area contributed by atoms with Gasteiger partial charge in [0.1, 0.15) is 0 Å². The molecule has 1 N–H and O–H groups in total. The van der Waals surface area contributed by atoms with Crippen molar-refractivity contribution in [2.24, 2.45) is 0 Å². The van der Waals surface area contributed by atoms with Crippen LogP contribution in [0.2, 0.25) is 0 Å². The fourth-order valence-electron chi connectivity index (χ4n) is 1.44. The lowest BCUT2D eigenvalue weighted by atomic mass is 10.1. The van der Waals surface area contributed by atoms with Crippen LogP contribution in [0, 0.1) is 0 Å². The average molecular weight is 183 g/mol. The number of hydrogen-bond acceptors (Lipinski definition) is 1. The van der Waals surface area contributed by atoms with Gasteiger partial charge in [-0.25, -0.2) is 0 Å². The van der Waals surface area contributed by atoms with Crippen LogP contribution in [0.25, 0.3) is 0 Å². The normalized spacial score (nSPS) is 14.4. The van der Waals surface area contributed by atoms with Crippen LogP contribution < -0.4 is 5.32 Å². The Kier molecular flexibility index (Phi) is 2.82. The van der Waals surface area contributed by atoms with Gasteiger partial charge < -0.3 is 5.32 Å². The minimum atomic E-state index is 0.989. The molecule has 0 unspecified atom stereocenters. The first kappa shape index (κ1) is 8.82. The lowest BCUT2D eigenvalue weighted by molar-refractivity contribution is 1.17. The van der Waals surface area contributed by atoms with Crippen LogP contribution in [0.3, 0.4) is 0 Å². The van der Waals surface area contributed by atoms with Gasteiger partial charge in [0.2, 0.25) is 0 Å². The highest BCUT2D eigenvalue weighted by Crippen LogP contribution is 2.09. The van der Waals surface area contributed by atoms with Gasteiger partial charge in [-0.3, -0.25) is 0 Å². The van der Waals surface area contributed by atoms with E-state index in [-0.39, 0.29) is 0 Å². The van der Waals surface area contributed by atoms with E-state index in [9.17, 15) is 0 Å². The molecule has 2 rings (SSSR count). The van der Waals surface area contributed by atoms with Crippen LogP contribution in [0.15, 0.2) is 66.5 Å². The monoisotopic (exact) mass is 183 g/mol. The minimum absolute atomic E-state index is 0.989. The minimum Gasteiger partial charge on any atom is -0.368 e. The fraction of sp³-hybridized carbons (Fsp3) is 0.0769. The zero-order chi connectivity index (χ0) is 9.64. The number of hydrogen-bond donors (Lipinski definition) is 1. The number of nitrogens with one attached hydrogen (secondary N) is 1. The molecular weight excluding hydrogens is 170 g/mol. The van der Waals surface area contributed by atoms with Crippen molar-refractivity contribution >= 4 is 0 Å². The van der Waals surface area contributed by atoms with Crippen molar-refractivity contribution in [3.63, 3.8) is 0 Å². The molecule has 1 aromatic rings. The highest BCUT2D eigenvalue weighted by atomic mass is 14.8. The summed E-state index contributed by atoms with van der Waals surface area (Å²) >= 11 is 0. The summed E-state index contributed by atoms with van der Waals surface area (Å²) in [6.45, 7) is 0. The Morgan fingerprint density at radius 3 is 2.71 bits per heavy atom. The molecule has 0 fully saturated rings. The van der Waals surface area contributed by atoms with E-state index in [1.54, 1.807) is 0 Å². The summed E-state index contributed by atoms with van der Waals surface area (Å²) < 4.78 is 0. The second-order valence-corrected chi connectivity index (χ2v) is 3.26. The van der Waals surface area contributed by atoms with E-state index in [1.807, 2.05) is 24.5 Å². The van der Waals surface area contributed by atoms with E-state index in [2.05, 4.69) is 41.7 Å². The van der Waals surface area contributed by atoms with Crippen molar-refractivity contribution in [2.45, 2.75) is 6.42 Å². The summed E-state index contributed by atoms with van der Waals surface area (Å²) in [6, 6.07) is 10.5. The van der Waals surface area contributed by atoms with Gasteiger partial charge in [0.25, 0.3) is 0 Å². The quantitative estimate of drug-likeness (QED) is 0.743. The van der Waals surface area contributed by atoms with Crippen LogP contribution in [-0.2, 0) is 6.42 Å². The molecule has 0 radical (unpaired) electrons. The smallest absolute Gasteiger partial charge is 0.000729 e. The highest BCUT2D eigenvalue weighted by Gasteiger charge is 1.95. The summed E-state index contributed by atoms with van der Waals surface area (Å²) in [5.41, 5.74) is 2.66. The molecule has 0 saturated carbocycles. The molecule has 0 bridgehead atoms. The molecule has 0 aliphatic carbocycles. The van der Waals surface area contributed by atoms with Crippen LogP contribution in [0.4, 0.5) is 0 Å². The Labute approximate surface area is 84.5 Å². The first-order valence-electron chi connectivity index (χ1n) is 4.77. The molecule has 0 aromatic heterocycles. The van der Waals surface area contributed by atoms with Gasteiger partial charge in [0.15, 0.2) is 0 Å². The van der Waals surface area contributed by atoms with E-state index in [0.29, 0.717) is 0 Å². The van der Waals surface area contributed by atoms with E-state index in [4.69, 9.17) is 0 Å². The largest absolute Gasteiger partial charge is 0.368 e. The summed E-state index contributed by atoms with van der Waals surface area (Å²) in [6.07, 6.45) is 11.1. The van der Waals surface area contributed by atoms with E-state index in [0.717, 1.165) is 6.42 Å². The van der Waals surface area contributed by atoms with Crippen LogP contribution >= 0.6 is 0 Å². The molecule has 1 heterocycles. The molecule has 1 heteroatoms. The van der Waals surface area contributed by atoms with Gasteiger partial charge in [-0.05, 0) is 29.7 Å². The van der Waals surface area contributed by atoms with E-state index in [1.165, 1.54) is 11.1 Å². The molecule has 0 amide bonds. The Balaban J connectivity index is 2.11. The lowest BCUT2D eigenvalue weighted by Crippen LogP contribution is -1.90. The van der Waals surface area contributed by atoms with Crippen LogP contribution in [0.1, 0.15) is 5.56 Å². The number of allylic oxidation sites excluding steroid dienone is 4. The first-order chi connectivity index (χ1) is 6.95. The van der Waals surface area contributed by atoms with Gasteiger partial charge >= 0.3 is 0 Å². The number of rotatable bonds is 2. The van der Waals surface area contributed by atoms with E-state index >= 15 is 0 Å². The van der Waals surface area contributed by atoms with Crippen molar-refractivity contribution in [3.8, 4) is 0 Å². The topological polar surface area (TPSA) is 12.0 Å². The molecular formula is C13H13N. The maximum Gasteiger partial charge on any atom is 0.000729 e. The van der Waals surface area contributed by atoms with Gasteiger partial charge in [-0.1, -0.05) is 36.4 Å². The molecule has 14 heavy (non-hydrogen) atoms. The predicted molar refractivity (Wildman–Crippen MR) is 59.6 cm³/mol. The molecule has 1 nitrogen and oxygen atoms in total. The molecule has 70 valence electrons. The first-order valence-corrected chi connectivity index (χ1v) is 4.77. The fourth-order valence-corrected chi connectivity index (χ4v) is 1.44. The molecule has 0 spiro atoms. The summed E-state index contributed by atoms with van der Waals surface area (Å²) in [7, 11) is 0. The average Bonchev–Trinajstić information content (AvgIpc) is 2.48. The SMILES string of the molecule is C1=CNC=CC(Cc2ccccc2)=C1. The van der Waals surface area contributed by atoms with Crippen molar-refractivity contribution in [2.75, 3.05) is 0 Å². The molecule has 1 aromatic carbocycles. The third-order valence-electron chi connectivity index (χ3n) is 2.15. The third kappa shape index (κ3) is 2.36. The summed E-state index contributed by atoms with van der Waals surface area (Å²) in [5, 5.41) is 3.05. The Bertz CT molecular complexity index is 371. The lowest BCUT2D eigenvalue weighted by Gasteiger charge is -2.00. The summed E-state index contributed by atoms with van der Waals surface area (Å²) in [4.78, 5) is 0. The molecule has 1 aliphatic rings. The van der Waals surface area contributed by atoms with Crippen LogP contribution in [-0.4, -0.2) is 0 Å². The number of benzene rings is 1. The molecule has 0 saturated heterocycles. The van der Waals surface area contributed by atoms with Crippen molar-refractivity contribution in [3.05, 3.63) is 72.1 Å². The van der Waals surface area contributed by atoms with Crippen molar-refractivity contribution < 1.29 is 0 Å². The molecule has 0 atom stereocenters. The Morgan fingerprint density at radius 1 is 1.00 bits per heavy atom. The zero-order valence-electron chi connectivity index (χ0n) is 7.98. The second kappa shape index (κ2) is 4.47. The zero-order valence-corrected chi connectivity index (χ0v) is 7.98. The van der Waals surface area contributed by atoms with Gasteiger partial charge in [0, 0.05) is 12.4 Å². The van der Waals surface area contributed by atoms with Crippen LogP contribution in [0.5, 0.6) is 0 Å². The molecule has 1 aliphatic heterocycles. The second-order valence-electron chi connectivity index (χ2n) is 3.26. The Hall–Kier alpha value is -1.76. The third-order valence-corrected chi connectivity index (χ3v) is 2.15. The van der Waals surface area contributed by atoms with Gasteiger partial charge in [-0.15, -0.1) is 0 Å². The maximum atomic E-state index is 3.05. The van der Waals surface area contributed by atoms with Gasteiger partial charge in [-0.2, -0.15) is 0 Å². The Morgan fingerprint density at radius 2 is 1.86 bits per heavy atom. The van der Waals surface area contributed by atoms with Crippen molar-refractivity contribution in [1.29, 1.82) is 0 Å².